The highest BCUT2D eigenvalue weighted by Crippen LogP contribution is 2.41. The molecule has 0 radical (unpaired) electrons. The van der Waals surface area contributed by atoms with E-state index in [4.69, 9.17) is 0 Å². The second-order valence-corrected chi connectivity index (χ2v) is 8.52. The lowest BCUT2D eigenvalue weighted by atomic mass is 10.1. The van der Waals surface area contributed by atoms with Crippen LogP contribution in [0.25, 0.3) is 5.78 Å². The van der Waals surface area contributed by atoms with Gasteiger partial charge in [-0.3, -0.25) is 9.30 Å². The van der Waals surface area contributed by atoms with Crippen molar-refractivity contribution in [3.63, 3.8) is 0 Å². The lowest BCUT2D eigenvalue weighted by molar-refractivity contribution is 0.257. The van der Waals surface area contributed by atoms with Crippen molar-refractivity contribution < 1.29 is 4.79 Å². The number of imidazole rings is 1. The number of piperazine rings is 1. The van der Waals surface area contributed by atoms with Gasteiger partial charge in [-0.1, -0.05) is 0 Å². The van der Waals surface area contributed by atoms with E-state index >= 15 is 0 Å². The monoisotopic (exact) mass is 404 g/mol. The third kappa shape index (κ3) is 2.88. The summed E-state index contributed by atoms with van der Waals surface area (Å²) in [5, 5.41) is 6.62. The van der Waals surface area contributed by atoms with Gasteiger partial charge in [0, 0.05) is 61.6 Å². The second kappa shape index (κ2) is 6.40. The van der Waals surface area contributed by atoms with Gasteiger partial charge in [-0.15, -0.1) is 0 Å². The first-order chi connectivity index (χ1) is 14.6. The van der Waals surface area contributed by atoms with Crippen LogP contribution in [0.15, 0.2) is 30.9 Å². The summed E-state index contributed by atoms with van der Waals surface area (Å²) in [5.74, 6) is 1.38. The lowest BCUT2D eigenvalue weighted by Crippen LogP contribution is -2.52. The zero-order valence-corrected chi connectivity index (χ0v) is 16.9. The van der Waals surface area contributed by atoms with Crippen LogP contribution in [0.5, 0.6) is 0 Å². The van der Waals surface area contributed by atoms with E-state index in [1.807, 2.05) is 29.9 Å². The first-order valence-electron chi connectivity index (χ1n) is 10.5. The standard InChI is InChI=1S/C21H24N8O/c1-14-11-28-12-15(10-23-19(28)25-14)26-20(30)29-8-3-16-17(2-6-22-18(16)29)27-9-7-24-21(13-27)4-5-21/h2,6,10-12,24H,3-5,7-9,13H2,1H3,(H,26,30). The molecule has 5 heterocycles. The first-order valence-corrected chi connectivity index (χ1v) is 10.5. The van der Waals surface area contributed by atoms with Gasteiger partial charge < -0.3 is 15.5 Å². The van der Waals surface area contributed by atoms with Gasteiger partial charge in [0.05, 0.1) is 17.6 Å². The SMILES string of the molecule is Cc1cn2cc(NC(=O)N3CCc4c(N5CCNC6(CC6)C5)ccnc43)cnc2n1. The minimum Gasteiger partial charge on any atom is -0.368 e. The third-order valence-corrected chi connectivity index (χ3v) is 6.35. The molecule has 9 nitrogen and oxygen atoms in total. The summed E-state index contributed by atoms with van der Waals surface area (Å²) in [6.07, 6.45) is 10.5. The number of pyridine rings is 1. The van der Waals surface area contributed by atoms with Crippen molar-refractivity contribution in [2.24, 2.45) is 0 Å². The van der Waals surface area contributed by atoms with E-state index < -0.39 is 0 Å². The molecule has 3 aromatic rings. The number of urea groups is 1. The lowest BCUT2D eigenvalue weighted by Gasteiger charge is -2.36. The van der Waals surface area contributed by atoms with E-state index in [9.17, 15) is 4.79 Å². The van der Waals surface area contributed by atoms with E-state index in [0.717, 1.165) is 37.6 Å². The Labute approximate surface area is 174 Å². The number of fused-ring (bicyclic) bond motifs is 2. The smallest absolute Gasteiger partial charge is 0.327 e. The predicted octanol–water partition coefficient (Wildman–Crippen LogP) is 1.97. The van der Waals surface area contributed by atoms with Crippen molar-refractivity contribution in [1.82, 2.24) is 24.7 Å². The summed E-state index contributed by atoms with van der Waals surface area (Å²) < 4.78 is 1.82. The van der Waals surface area contributed by atoms with E-state index in [0.29, 0.717) is 23.5 Å². The number of hydrogen-bond donors (Lipinski definition) is 2. The normalized spacial score (nSPS) is 19.4. The average molecular weight is 404 g/mol. The molecule has 0 bridgehead atoms. The molecule has 1 saturated heterocycles. The maximum absolute atomic E-state index is 13.0. The molecule has 2 fully saturated rings. The molecule has 30 heavy (non-hydrogen) atoms. The molecule has 0 atom stereocenters. The average Bonchev–Trinajstić information content (AvgIpc) is 3.17. The number of carbonyl (C=O) groups excluding carboxylic acids is 1. The number of hydrogen-bond acceptors (Lipinski definition) is 6. The maximum Gasteiger partial charge on any atom is 0.327 e. The minimum atomic E-state index is -0.185. The Hall–Kier alpha value is -3.20. The Morgan fingerprint density at radius 1 is 1.23 bits per heavy atom. The number of nitrogens with zero attached hydrogens (tertiary/aromatic N) is 6. The van der Waals surface area contributed by atoms with Crippen LogP contribution >= 0.6 is 0 Å². The van der Waals surface area contributed by atoms with Crippen LogP contribution in [0.4, 0.5) is 22.0 Å². The molecule has 1 saturated carbocycles. The van der Waals surface area contributed by atoms with Crippen LogP contribution < -0.4 is 20.4 Å². The molecule has 2 amide bonds. The predicted molar refractivity (Wildman–Crippen MR) is 114 cm³/mol. The van der Waals surface area contributed by atoms with Crippen LogP contribution in [-0.2, 0) is 6.42 Å². The highest BCUT2D eigenvalue weighted by atomic mass is 16.2. The van der Waals surface area contributed by atoms with Crippen LogP contribution in [-0.4, -0.2) is 57.1 Å². The largest absolute Gasteiger partial charge is 0.368 e. The molecule has 154 valence electrons. The quantitative estimate of drug-likeness (QED) is 0.679. The summed E-state index contributed by atoms with van der Waals surface area (Å²) in [6.45, 7) is 5.57. The highest BCUT2D eigenvalue weighted by Gasteiger charge is 2.46. The molecule has 2 aliphatic heterocycles. The Balaban J connectivity index is 1.24. The molecule has 1 spiro atoms. The zero-order valence-electron chi connectivity index (χ0n) is 16.9. The van der Waals surface area contributed by atoms with Gasteiger partial charge in [-0.2, -0.15) is 0 Å². The summed E-state index contributed by atoms with van der Waals surface area (Å²) in [5.41, 5.74) is 4.22. The van der Waals surface area contributed by atoms with Crippen LogP contribution in [0.1, 0.15) is 24.1 Å². The number of amides is 2. The van der Waals surface area contributed by atoms with E-state index in [-0.39, 0.29) is 6.03 Å². The van der Waals surface area contributed by atoms with Gasteiger partial charge >= 0.3 is 6.03 Å². The van der Waals surface area contributed by atoms with Crippen molar-refractivity contribution >= 4 is 29.0 Å². The van der Waals surface area contributed by atoms with Crippen molar-refractivity contribution in [3.05, 3.63) is 42.1 Å². The fourth-order valence-electron chi connectivity index (χ4n) is 4.68. The molecule has 0 aromatic carbocycles. The molecule has 9 heteroatoms. The number of nitrogens with one attached hydrogen (secondary N) is 2. The topological polar surface area (TPSA) is 90.7 Å². The molecule has 3 aromatic heterocycles. The van der Waals surface area contributed by atoms with Crippen LogP contribution in [0.2, 0.25) is 0 Å². The molecule has 1 aliphatic carbocycles. The number of rotatable bonds is 2. The van der Waals surface area contributed by atoms with Gasteiger partial charge in [0.2, 0.25) is 5.78 Å². The molecule has 2 N–H and O–H groups in total. The highest BCUT2D eigenvalue weighted by molar-refractivity contribution is 6.02. The van der Waals surface area contributed by atoms with Gasteiger partial charge in [0.1, 0.15) is 5.82 Å². The molecule has 0 unspecified atom stereocenters. The third-order valence-electron chi connectivity index (χ3n) is 6.35. The minimum absolute atomic E-state index is 0.185. The van der Waals surface area contributed by atoms with E-state index in [2.05, 4.69) is 36.6 Å². The fraction of sp³-hybridized carbons (Fsp3) is 0.429. The van der Waals surface area contributed by atoms with Crippen molar-refractivity contribution in [2.45, 2.75) is 31.7 Å². The Bertz CT molecular complexity index is 1150. The molecular formula is C21H24N8O. The van der Waals surface area contributed by atoms with Gasteiger partial charge in [-0.05, 0) is 32.3 Å². The number of aryl methyl sites for hydroxylation is 1. The van der Waals surface area contributed by atoms with Crippen molar-refractivity contribution in [2.75, 3.05) is 41.3 Å². The Morgan fingerprint density at radius 3 is 3.00 bits per heavy atom. The molecule has 3 aliphatic rings. The molecular weight excluding hydrogens is 380 g/mol. The second-order valence-electron chi connectivity index (χ2n) is 8.52. The Kier molecular flexibility index (Phi) is 3.76. The summed E-state index contributed by atoms with van der Waals surface area (Å²) in [4.78, 5) is 30.4. The number of aromatic nitrogens is 4. The van der Waals surface area contributed by atoms with Crippen LogP contribution in [0.3, 0.4) is 0 Å². The fourth-order valence-corrected chi connectivity index (χ4v) is 4.68. The van der Waals surface area contributed by atoms with Crippen LogP contribution in [0, 0.1) is 6.92 Å². The van der Waals surface area contributed by atoms with Gasteiger partial charge in [0.15, 0.2) is 0 Å². The maximum atomic E-state index is 13.0. The summed E-state index contributed by atoms with van der Waals surface area (Å²) in [6, 6.07) is 1.91. The first kappa shape index (κ1) is 17.6. The zero-order chi connectivity index (χ0) is 20.3. The number of carbonyl (C=O) groups is 1. The van der Waals surface area contributed by atoms with Crippen molar-refractivity contribution in [3.8, 4) is 0 Å². The molecule has 6 rings (SSSR count). The van der Waals surface area contributed by atoms with E-state index in [1.165, 1.54) is 24.1 Å². The summed E-state index contributed by atoms with van der Waals surface area (Å²) in [7, 11) is 0. The number of anilines is 3. The van der Waals surface area contributed by atoms with Gasteiger partial charge in [-0.25, -0.2) is 19.7 Å². The van der Waals surface area contributed by atoms with Gasteiger partial charge in [0.25, 0.3) is 0 Å². The summed E-state index contributed by atoms with van der Waals surface area (Å²) >= 11 is 0. The Morgan fingerprint density at radius 2 is 2.13 bits per heavy atom. The van der Waals surface area contributed by atoms with Crippen molar-refractivity contribution in [1.29, 1.82) is 0 Å². The van der Waals surface area contributed by atoms with E-state index in [1.54, 1.807) is 11.1 Å².